The third kappa shape index (κ3) is 3.95. The molecule has 118 valence electrons. The fourth-order valence-electron chi connectivity index (χ4n) is 3.33. The van der Waals surface area contributed by atoms with Gasteiger partial charge in [0.05, 0.1) is 0 Å². The molecule has 0 spiro atoms. The lowest BCUT2D eigenvalue weighted by atomic mass is 9.92. The molecular formula is C18H25N3O. The Morgan fingerprint density at radius 3 is 2.59 bits per heavy atom. The van der Waals surface area contributed by atoms with Crippen molar-refractivity contribution in [2.75, 3.05) is 19.6 Å². The average molecular weight is 299 g/mol. The van der Waals surface area contributed by atoms with Crippen molar-refractivity contribution < 1.29 is 4.52 Å². The summed E-state index contributed by atoms with van der Waals surface area (Å²) >= 11 is 0. The van der Waals surface area contributed by atoms with Crippen LogP contribution in [0.2, 0.25) is 0 Å². The Morgan fingerprint density at radius 2 is 1.95 bits per heavy atom. The van der Waals surface area contributed by atoms with Crippen molar-refractivity contribution in [1.29, 1.82) is 0 Å². The molecule has 2 aromatic rings. The second-order valence-corrected chi connectivity index (χ2v) is 6.49. The summed E-state index contributed by atoms with van der Waals surface area (Å²) in [7, 11) is 0. The zero-order chi connectivity index (χ0) is 15.4. The lowest BCUT2D eigenvalue weighted by Crippen LogP contribution is -2.36. The lowest BCUT2D eigenvalue weighted by molar-refractivity contribution is 0.175. The van der Waals surface area contributed by atoms with Gasteiger partial charge in [0.1, 0.15) is 0 Å². The van der Waals surface area contributed by atoms with Crippen LogP contribution in [-0.2, 0) is 6.42 Å². The largest absolute Gasteiger partial charge is 0.340 e. The Kier molecular flexibility index (Phi) is 4.88. The second-order valence-electron chi connectivity index (χ2n) is 6.49. The highest BCUT2D eigenvalue weighted by Crippen LogP contribution is 2.23. The van der Waals surface area contributed by atoms with E-state index in [2.05, 4.69) is 52.3 Å². The van der Waals surface area contributed by atoms with E-state index in [0.717, 1.165) is 18.8 Å². The summed E-state index contributed by atoms with van der Waals surface area (Å²) in [6.45, 7) is 7.68. The van der Waals surface area contributed by atoms with Crippen molar-refractivity contribution in [2.45, 2.75) is 39.0 Å². The van der Waals surface area contributed by atoms with Crippen LogP contribution >= 0.6 is 0 Å². The van der Waals surface area contributed by atoms with Gasteiger partial charge in [0.2, 0.25) is 5.89 Å². The quantitative estimate of drug-likeness (QED) is 0.848. The van der Waals surface area contributed by atoms with Crippen molar-refractivity contribution in [3.63, 3.8) is 0 Å². The topological polar surface area (TPSA) is 42.2 Å². The summed E-state index contributed by atoms with van der Waals surface area (Å²) in [5, 5.41) is 4.02. The van der Waals surface area contributed by atoms with Crippen molar-refractivity contribution in [2.24, 2.45) is 5.92 Å². The molecule has 1 atom stereocenters. The number of nitrogens with zero attached hydrogens (tertiary/aromatic N) is 3. The zero-order valence-corrected chi connectivity index (χ0v) is 13.5. The predicted molar refractivity (Wildman–Crippen MR) is 86.8 cm³/mol. The standard InChI is InChI=1S/C18H25N3O/c1-14(17-6-4-3-5-7-17)13-21-10-8-16(9-11-21)12-18-19-15(2)22-20-18/h3-7,14,16H,8-13H2,1-2H3. The number of aryl methyl sites for hydroxylation is 1. The first-order valence-electron chi connectivity index (χ1n) is 8.27. The van der Waals surface area contributed by atoms with Gasteiger partial charge in [-0.25, -0.2) is 0 Å². The van der Waals surface area contributed by atoms with Crippen LogP contribution in [0.15, 0.2) is 34.9 Å². The molecule has 3 rings (SSSR count). The minimum Gasteiger partial charge on any atom is -0.340 e. The molecule has 1 fully saturated rings. The van der Waals surface area contributed by atoms with E-state index in [1.54, 1.807) is 0 Å². The fraction of sp³-hybridized carbons (Fsp3) is 0.556. The van der Waals surface area contributed by atoms with Crippen LogP contribution in [0, 0.1) is 12.8 Å². The maximum Gasteiger partial charge on any atom is 0.223 e. The van der Waals surface area contributed by atoms with E-state index in [9.17, 15) is 0 Å². The fourth-order valence-corrected chi connectivity index (χ4v) is 3.33. The number of hydrogen-bond donors (Lipinski definition) is 0. The minimum atomic E-state index is 0.595. The van der Waals surface area contributed by atoms with Gasteiger partial charge in [-0.15, -0.1) is 0 Å². The molecule has 0 radical (unpaired) electrons. The normalized spacial score (nSPS) is 18.5. The number of hydrogen-bond acceptors (Lipinski definition) is 4. The van der Waals surface area contributed by atoms with Crippen LogP contribution in [-0.4, -0.2) is 34.7 Å². The van der Waals surface area contributed by atoms with E-state index < -0.39 is 0 Å². The summed E-state index contributed by atoms with van der Waals surface area (Å²) in [6, 6.07) is 10.8. The van der Waals surface area contributed by atoms with E-state index >= 15 is 0 Å². The molecule has 0 amide bonds. The highest BCUT2D eigenvalue weighted by atomic mass is 16.5. The average Bonchev–Trinajstić information content (AvgIpc) is 2.95. The van der Waals surface area contributed by atoms with Crippen LogP contribution in [0.3, 0.4) is 0 Å². The lowest BCUT2D eigenvalue weighted by Gasteiger charge is -2.33. The summed E-state index contributed by atoms with van der Waals surface area (Å²) < 4.78 is 5.06. The van der Waals surface area contributed by atoms with Crippen molar-refractivity contribution in [1.82, 2.24) is 15.0 Å². The highest BCUT2D eigenvalue weighted by Gasteiger charge is 2.22. The highest BCUT2D eigenvalue weighted by molar-refractivity contribution is 5.19. The molecule has 0 bridgehead atoms. The number of aromatic nitrogens is 2. The van der Waals surface area contributed by atoms with Crippen LogP contribution in [0.1, 0.15) is 43.0 Å². The first-order chi connectivity index (χ1) is 10.7. The Balaban J connectivity index is 1.45. The first-order valence-corrected chi connectivity index (χ1v) is 8.27. The first kappa shape index (κ1) is 15.2. The Morgan fingerprint density at radius 1 is 1.23 bits per heavy atom. The van der Waals surface area contributed by atoms with Crippen molar-refractivity contribution in [3.8, 4) is 0 Å². The van der Waals surface area contributed by atoms with Crippen molar-refractivity contribution >= 4 is 0 Å². The molecular weight excluding hydrogens is 274 g/mol. The molecule has 1 unspecified atom stereocenters. The Bertz CT molecular complexity index is 573. The number of piperidine rings is 1. The molecule has 1 aliphatic heterocycles. The Labute approximate surface area is 132 Å². The van der Waals surface area contributed by atoms with E-state index in [-0.39, 0.29) is 0 Å². The van der Waals surface area contributed by atoms with Gasteiger partial charge in [-0.2, -0.15) is 4.98 Å². The van der Waals surface area contributed by atoms with Crippen LogP contribution in [0.4, 0.5) is 0 Å². The monoisotopic (exact) mass is 299 g/mol. The zero-order valence-electron chi connectivity index (χ0n) is 13.5. The number of rotatable bonds is 5. The van der Waals surface area contributed by atoms with Gasteiger partial charge >= 0.3 is 0 Å². The molecule has 0 N–H and O–H groups in total. The smallest absolute Gasteiger partial charge is 0.223 e. The molecule has 1 aliphatic rings. The molecule has 0 saturated carbocycles. The molecule has 1 saturated heterocycles. The molecule has 4 heteroatoms. The minimum absolute atomic E-state index is 0.595. The molecule has 0 aliphatic carbocycles. The third-order valence-electron chi connectivity index (χ3n) is 4.65. The Hall–Kier alpha value is -1.68. The van der Waals surface area contributed by atoms with E-state index in [1.807, 2.05) is 6.92 Å². The van der Waals surface area contributed by atoms with Gasteiger partial charge in [0.15, 0.2) is 5.82 Å². The predicted octanol–water partition coefficient (Wildman–Crippen LogP) is 3.44. The summed E-state index contributed by atoms with van der Waals surface area (Å²) in [4.78, 5) is 6.91. The van der Waals surface area contributed by atoms with E-state index in [1.165, 1.54) is 31.5 Å². The van der Waals surface area contributed by atoms with Gasteiger partial charge < -0.3 is 9.42 Å². The summed E-state index contributed by atoms with van der Waals surface area (Å²) in [5.74, 6) is 2.83. The maximum absolute atomic E-state index is 5.06. The van der Waals surface area contributed by atoms with Gasteiger partial charge in [-0.1, -0.05) is 42.4 Å². The second kappa shape index (κ2) is 7.05. The molecule has 2 heterocycles. The van der Waals surface area contributed by atoms with Crippen LogP contribution < -0.4 is 0 Å². The van der Waals surface area contributed by atoms with Crippen LogP contribution in [0.5, 0.6) is 0 Å². The van der Waals surface area contributed by atoms with Crippen LogP contribution in [0.25, 0.3) is 0 Å². The molecule has 1 aromatic carbocycles. The molecule has 4 nitrogen and oxygen atoms in total. The number of likely N-dealkylation sites (tertiary alicyclic amines) is 1. The SMILES string of the molecule is Cc1nc(CC2CCN(CC(C)c3ccccc3)CC2)no1. The van der Waals surface area contributed by atoms with Gasteiger partial charge in [0.25, 0.3) is 0 Å². The van der Waals surface area contributed by atoms with Gasteiger partial charge in [-0.3, -0.25) is 0 Å². The molecule has 1 aromatic heterocycles. The van der Waals surface area contributed by atoms with E-state index in [0.29, 0.717) is 17.7 Å². The summed E-state index contributed by atoms with van der Waals surface area (Å²) in [6.07, 6.45) is 3.42. The maximum atomic E-state index is 5.06. The van der Waals surface area contributed by atoms with E-state index in [4.69, 9.17) is 4.52 Å². The third-order valence-corrected chi connectivity index (χ3v) is 4.65. The van der Waals surface area contributed by atoms with Gasteiger partial charge in [0, 0.05) is 19.9 Å². The summed E-state index contributed by atoms with van der Waals surface area (Å²) in [5.41, 5.74) is 1.44. The molecule has 22 heavy (non-hydrogen) atoms. The van der Waals surface area contributed by atoms with Crippen molar-refractivity contribution in [3.05, 3.63) is 47.6 Å². The number of benzene rings is 1. The van der Waals surface area contributed by atoms with Gasteiger partial charge in [-0.05, 0) is 43.3 Å².